The molecule has 0 aliphatic heterocycles. The molecule has 0 aliphatic carbocycles. The highest BCUT2D eigenvalue weighted by Gasteiger charge is 2.13. The average molecular weight is 265 g/mol. The average Bonchev–Trinajstić information content (AvgIpc) is 2.77. The smallest absolute Gasteiger partial charge is 0.227 e. The highest BCUT2D eigenvalue weighted by Crippen LogP contribution is 2.30. The second kappa shape index (κ2) is 4.48. The van der Waals surface area contributed by atoms with E-state index in [0.29, 0.717) is 5.89 Å². The molecular formula is C18H19NO. The Kier molecular flexibility index (Phi) is 2.89. The molecule has 20 heavy (non-hydrogen) atoms. The Labute approximate surface area is 119 Å². The van der Waals surface area contributed by atoms with Crippen LogP contribution >= 0.6 is 0 Å². The first-order valence-corrected chi connectivity index (χ1v) is 6.91. The SMILES string of the molecule is Cc1cc(C)c2oc(-c3cc(C)c(C)cc3C)nc2c1. The number of hydrogen-bond acceptors (Lipinski definition) is 2. The molecule has 0 fully saturated rings. The summed E-state index contributed by atoms with van der Waals surface area (Å²) in [6.45, 7) is 10.5. The molecule has 0 bridgehead atoms. The normalized spacial score (nSPS) is 11.2. The number of nitrogens with zero attached hydrogens (tertiary/aromatic N) is 1. The predicted octanol–water partition coefficient (Wildman–Crippen LogP) is 5.04. The fourth-order valence-corrected chi connectivity index (χ4v) is 2.68. The Morgan fingerprint density at radius 2 is 1.45 bits per heavy atom. The van der Waals surface area contributed by atoms with E-state index in [9.17, 15) is 0 Å². The van der Waals surface area contributed by atoms with E-state index < -0.39 is 0 Å². The van der Waals surface area contributed by atoms with Gasteiger partial charge in [-0.25, -0.2) is 4.98 Å². The van der Waals surface area contributed by atoms with E-state index in [1.807, 2.05) is 0 Å². The largest absolute Gasteiger partial charge is 0.436 e. The molecule has 0 radical (unpaired) electrons. The molecule has 1 aromatic heterocycles. The molecule has 1 heterocycles. The number of fused-ring (bicyclic) bond motifs is 1. The van der Waals surface area contributed by atoms with Crippen LogP contribution in [0.3, 0.4) is 0 Å². The van der Waals surface area contributed by atoms with Crippen LogP contribution in [0, 0.1) is 34.6 Å². The fourth-order valence-electron chi connectivity index (χ4n) is 2.68. The van der Waals surface area contributed by atoms with Crippen LogP contribution in [0.5, 0.6) is 0 Å². The third-order valence-electron chi connectivity index (χ3n) is 3.89. The first kappa shape index (κ1) is 12.9. The van der Waals surface area contributed by atoms with Gasteiger partial charge in [-0.1, -0.05) is 12.1 Å². The van der Waals surface area contributed by atoms with Crippen LogP contribution in [0.1, 0.15) is 27.8 Å². The first-order valence-electron chi connectivity index (χ1n) is 6.91. The summed E-state index contributed by atoms with van der Waals surface area (Å²) in [4.78, 5) is 4.67. The van der Waals surface area contributed by atoms with Crippen molar-refractivity contribution >= 4 is 11.1 Å². The lowest BCUT2D eigenvalue weighted by Gasteiger charge is -2.06. The third-order valence-corrected chi connectivity index (χ3v) is 3.89. The molecule has 2 heteroatoms. The van der Waals surface area contributed by atoms with Crippen LogP contribution in [0.25, 0.3) is 22.6 Å². The maximum absolute atomic E-state index is 6.00. The quantitative estimate of drug-likeness (QED) is 0.616. The van der Waals surface area contributed by atoms with Gasteiger partial charge in [-0.05, 0) is 74.6 Å². The van der Waals surface area contributed by atoms with Gasteiger partial charge in [0.25, 0.3) is 0 Å². The lowest BCUT2D eigenvalue weighted by atomic mass is 10.0. The molecule has 3 aromatic rings. The van der Waals surface area contributed by atoms with Crippen LogP contribution in [0.4, 0.5) is 0 Å². The molecule has 0 spiro atoms. The van der Waals surface area contributed by atoms with Crippen molar-refractivity contribution in [2.24, 2.45) is 0 Å². The van der Waals surface area contributed by atoms with Gasteiger partial charge in [-0.15, -0.1) is 0 Å². The fraction of sp³-hybridized carbons (Fsp3) is 0.278. The zero-order valence-corrected chi connectivity index (χ0v) is 12.7. The molecule has 0 saturated carbocycles. The van der Waals surface area contributed by atoms with Crippen molar-refractivity contribution in [3.8, 4) is 11.5 Å². The predicted molar refractivity (Wildman–Crippen MR) is 83.1 cm³/mol. The van der Waals surface area contributed by atoms with Crippen molar-refractivity contribution in [3.05, 3.63) is 52.1 Å². The maximum atomic E-state index is 6.00. The zero-order valence-electron chi connectivity index (χ0n) is 12.7. The number of oxazole rings is 1. The molecule has 0 saturated heterocycles. The van der Waals surface area contributed by atoms with Crippen molar-refractivity contribution in [2.45, 2.75) is 34.6 Å². The van der Waals surface area contributed by atoms with Gasteiger partial charge in [-0.2, -0.15) is 0 Å². The molecule has 0 N–H and O–H groups in total. The monoisotopic (exact) mass is 265 g/mol. The van der Waals surface area contributed by atoms with E-state index in [0.717, 1.165) is 22.2 Å². The molecule has 0 unspecified atom stereocenters. The van der Waals surface area contributed by atoms with Gasteiger partial charge in [-0.3, -0.25) is 0 Å². The Morgan fingerprint density at radius 3 is 2.20 bits per heavy atom. The Balaban J connectivity index is 2.25. The number of aromatic nitrogens is 1. The number of hydrogen-bond donors (Lipinski definition) is 0. The van der Waals surface area contributed by atoms with Crippen molar-refractivity contribution in [3.63, 3.8) is 0 Å². The summed E-state index contributed by atoms with van der Waals surface area (Å²) < 4.78 is 6.00. The van der Waals surface area contributed by atoms with E-state index in [-0.39, 0.29) is 0 Å². The molecule has 102 valence electrons. The highest BCUT2D eigenvalue weighted by atomic mass is 16.3. The Hall–Kier alpha value is -2.09. The molecule has 0 amide bonds. The van der Waals surface area contributed by atoms with Gasteiger partial charge < -0.3 is 4.42 Å². The third kappa shape index (κ3) is 2.01. The van der Waals surface area contributed by atoms with Crippen LogP contribution in [-0.4, -0.2) is 4.98 Å². The minimum Gasteiger partial charge on any atom is -0.436 e. The summed E-state index contributed by atoms with van der Waals surface area (Å²) in [5, 5.41) is 0. The van der Waals surface area contributed by atoms with Gasteiger partial charge in [0.1, 0.15) is 5.52 Å². The standard InChI is InChI=1S/C18H19NO/c1-10-6-14(5)17-16(7-10)19-18(20-17)15-9-12(3)11(2)8-13(15)4/h6-9H,1-5H3. The summed E-state index contributed by atoms with van der Waals surface area (Å²) in [6.07, 6.45) is 0. The number of rotatable bonds is 1. The van der Waals surface area contributed by atoms with E-state index in [1.54, 1.807) is 0 Å². The molecule has 0 atom stereocenters. The summed E-state index contributed by atoms with van der Waals surface area (Å²) in [5.41, 5.74) is 9.04. The van der Waals surface area contributed by atoms with E-state index in [2.05, 4.69) is 63.9 Å². The Bertz CT molecular complexity index is 812. The molecular weight excluding hydrogens is 246 g/mol. The lowest BCUT2D eigenvalue weighted by Crippen LogP contribution is -1.88. The van der Waals surface area contributed by atoms with Gasteiger partial charge in [0.2, 0.25) is 5.89 Å². The highest BCUT2D eigenvalue weighted by molar-refractivity contribution is 5.80. The van der Waals surface area contributed by atoms with Crippen molar-refractivity contribution in [1.29, 1.82) is 0 Å². The Morgan fingerprint density at radius 1 is 0.750 bits per heavy atom. The zero-order chi connectivity index (χ0) is 14.4. The van der Waals surface area contributed by atoms with Crippen LogP contribution < -0.4 is 0 Å². The molecule has 0 aliphatic rings. The molecule has 2 aromatic carbocycles. The van der Waals surface area contributed by atoms with Crippen LogP contribution in [-0.2, 0) is 0 Å². The number of aryl methyl sites for hydroxylation is 5. The second-order valence-electron chi connectivity index (χ2n) is 5.70. The van der Waals surface area contributed by atoms with Crippen molar-refractivity contribution in [1.82, 2.24) is 4.98 Å². The second-order valence-corrected chi connectivity index (χ2v) is 5.70. The van der Waals surface area contributed by atoms with Crippen molar-refractivity contribution < 1.29 is 4.42 Å². The summed E-state index contributed by atoms with van der Waals surface area (Å²) in [5.74, 6) is 0.717. The summed E-state index contributed by atoms with van der Waals surface area (Å²) >= 11 is 0. The molecule has 2 nitrogen and oxygen atoms in total. The van der Waals surface area contributed by atoms with E-state index in [1.165, 1.54) is 22.3 Å². The van der Waals surface area contributed by atoms with E-state index in [4.69, 9.17) is 4.42 Å². The lowest BCUT2D eigenvalue weighted by molar-refractivity contribution is 0.616. The van der Waals surface area contributed by atoms with Crippen LogP contribution in [0.2, 0.25) is 0 Å². The van der Waals surface area contributed by atoms with E-state index >= 15 is 0 Å². The maximum Gasteiger partial charge on any atom is 0.227 e. The first-order chi connectivity index (χ1) is 9.45. The van der Waals surface area contributed by atoms with Gasteiger partial charge in [0, 0.05) is 5.56 Å². The number of benzene rings is 2. The topological polar surface area (TPSA) is 26.0 Å². The van der Waals surface area contributed by atoms with Crippen LogP contribution in [0.15, 0.2) is 28.7 Å². The van der Waals surface area contributed by atoms with Gasteiger partial charge >= 0.3 is 0 Å². The summed E-state index contributed by atoms with van der Waals surface area (Å²) in [7, 11) is 0. The minimum atomic E-state index is 0.717. The minimum absolute atomic E-state index is 0.717. The van der Waals surface area contributed by atoms with Crippen molar-refractivity contribution in [2.75, 3.05) is 0 Å². The van der Waals surface area contributed by atoms with Gasteiger partial charge in [0.15, 0.2) is 5.58 Å². The molecule has 3 rings (SSSR count). The summed E-state index contributed by atoms with van der Waals surface area (Å²) in [6, 6.07) is 8.56. The van der Waals surface area contributed by atoms with Gasteiger partial charge in [0.05, 0.1) is 0 Å².